The van der Waals surface area contributed by atoms with Crippen LogP contribution in [0.3, 0.4) is 0 Å². The number of hydrogen-bond acceptors (Lipinski definition) is 2. The first-order valence-electron chi connectivity index (χ1n) is 3.92. The molecule has 1 rings (SSSR count). The number of aliphatic carboxylic acids is 1. The summed E-state index contributed by atoms with van der Waals surface area (Å²) in [5, 5.41) is 17.4. The van der Waals surface area contributed by atoms with E-state index in [1.165, 1.54) is 12.1 Å². The van der Waals surface area contributed by atoms with Gasteiger partial charge in [-0.2, -0.15) is 0 Å². The molecule has 0 bridgehead atoms. The molecule has 2 N–H and O–H groups in total. The van der Waals surface area contributed by atoms with Gasteiger partial charge >= 0.3 is 5.97 Å². The predicted molar refractivity (Wildman–Crippen MR) is 49.0 cm³/mol. The molecule has 0 aliphatic rings. The van der Waals surface area contributed by atoms with Gasteiger partial charge in [0.15, 0.2) is 6.10 Å². The molecule has 0 saturated heterocycles. The van der Waals surface area contributed by atoms with Crippen molar-refractivity contribution in [1.29, 1.82) is 0 Å². The highest BCUT2D eigenvalue weighted by Crippen LogP contribution is 2.33. The molecule has 1 aromatic rings. The summed E-state index contributed by atoms with van der Waals surface area (Å²) in [4.78, 5) is 10.4. The fourth-order valence-electron chi connectivity index (χ4n) is 1.16. The number of benzene rings is 1. The zero-order valence-electron chi connectivity index (χ0n) is 7.32. The highest BCUT2D eigenvalue weighted by atomic mass is 35.5. The quantitative estimate of drug-likeness (QED) is 0.847. The van der Waals surface area contributed by atoms with Gasteiger partial charge in [-0.25, -0.2) is 13.6 Å². The standard InChI is InChI=1S/C9H7ClF2O3/c10-5-3-1-2-4(6(5)8(11)12)7(13)9(14)15/h1-3,7-8,13H,(H,14,15). The van der Waals surface area contributed by atoms with Crippen LogP contribution < -0.4 is 0 Å². The first-order chi connectivity index (χ1) is 6.95. The van der Waals surface area contributed by atoms with Gasteiger partial charge < -0.3 is 10.2 Å². The Kier molecular flexibility index (Phi) is 3.60. The van der Waals surface area contributed by atoms with E-state index in [-0.39, 0.29) is 10.6 Å². The minimum absolute atomic E-state index is 0.261. The lowest BCUT2D eigenvalue weighted by atomic mass is 10.0. The average Bonchev–Trinajstić information content (AvgIpc) is 2.15. The largest absolute Gasteiger partial charge is 0.479 e. The second kappa shape index (κ2) is 4.55. The number of alkyl halides is 2. The lowest BCUT2D eigenvalue weighted by molar-refractivity contribution is -0.147. The van der Waals surface area contributed by atoms with E-state index in [1.807, 2.05) is 0 Å². The van der Waals surface area contributed by atoms with Gasteiger partial charge in [0.2, 0.25) is 0 Å². The number of carboxylic acid groups (broad SMARTS) is 1. The van der Waals surface area contributed by atoms with Gasteiger partial charge in [0.05, 0.1) is 0 Å². The van der Waals surface area contributed by atoms with Crippen molar-refractivity contribution in [3.8, 4) is 0 Å². The molecule has 82 valence electrons. The van der Waals surface area contributed by atoms with Gasteiger partial charge in [0, 0.05) is 16.1 Å². The molecule has 0 amide bonds. The van der Waals surface area contributed by atoms with Crippen LogP contribution >= 0.6 is 11.6 Å². The Morgan fingerprint density at radius 1 is 1.40 bits per heavy atom. The van der Waals surface area contributed by atoms with Crippen molar-refractivity contribution in [2.45, 2.75) is 12.5 Å². The monoisotopic (exact) mass is 236 g/mol. The molecule has 0 radical (unpaired) electrons. The third-order valence-corrected chi connectivity index (χ3v) is 2.16. The van der Waals surface area contributed by atoms with Gasteiger partial charge in [0.25, 0.3) is 6.43 Å². The molecule has 1 atom stereocenters. The minimum Gasteiger partial charge on any atom is -0.479 e. The van der Waals surface area contributed by atoms with E-state index in [9.17, 15) is 13.6 Å². The number of aliphatic hydroxyl groups is 1. The topological polar surface area (TPSA) is 57.5 Å². The molecule has 1 aromatic carbocycles. The highest BCUT2D eigenvalue weighted by Gasteiger charge is 2.25. The second-order valence-corrected chi connectivity index (χ2v) is 3.19. The Bertz CT molecular complexity index is 382. The fraction of sp³-hybridized carbons (Fsp3) is 0.222. The maximum atomic E-state index is 12.5. The number of carbonyl (C=O) groups is 1. The number of halogens is 3. The van der Waals surface area contributed by atoms with E-state index < -0.39 is 24.1 Å². The lowest BCUT2D eigenvalue weighted by Crippen LogP contribution is -2.13. The third-order valence-electron chi connectivity index (χ3n) is 1.83. The van der Waals surface area contributed by atoms with Crippen molar-refractivity contribution >= 4 is 17.6 Å². The van der Waals surface area contributed by atoms with E-state index in [1.54, 1.807) is 0 Å². The van der Waals surface area contributed by atoms with Gasteiger partial charge in [-0.3, -0.25) is 0 Å². The van der Waals surface area contributed by atoms with E-state index in [4.69, 9.17) is 21.8 Å². The molecule has 0 saturated carbocycles. The molecule has 1 unspecified atom stereocenters. The van der Waals surface area contributed by atoms with Crippen LogP contribution in [0.4, 0.5) is 8.78 Å². The summed E-state index contributed by atoms with van der Waals surface area (Å²) >= 11 is 5.49. The van der Waals surface area contributed by atoms with Gasteiger partial charge in [-0.05, 0) is 6.07 Å². The predicted octanol–water partition coefficient (Wildman–Crippen LogP) is 2.40. The minimum atomic E-state index is -2.93. The van der Waals surface area contributed by atoms with Gasteiger partial charge in [-0.1, -0.05) is 23.7 Å². The molecule has 0 aromatic heterocycles. The summed E-state index contributed by atoms with van der Waals surface area (Å²) in [6.07, 6.45) is -4.92. The smallest absolute Gasteiger partial charge is 0.337 e. The summed E-state index contributed by atoms with van der Waals surface area (Å²) in [7, 11) is 0. The van der Waals surface area contributed by atoms with Crippen molar-refractivity contribution in [3.63, 3.8) is 0 Å². The Hall–Kier alpha value is -1.20. The zero-order valence-corrected chi connectivity index (χ0v) is 8.08. The van der Waals surface area contributed by atoms with E-state index in [2.05, 4.69) is 0 Å². The summed E-state index contributed by atoms with van der Waals surface area (Å²) in [6.45, 7) is 0. The maximum Gasteiger partial charge on any atom is 0.337 e. The van der Waals surface area contributed by atoms with Crippen LogP contribution in [0.5, 0.6) is 0 Å². The Labute approximate surface area is 88.9 Å². The number of aliphatic hydroxyl groups excluding tert-OH is 1. The normalized spacial score (nSPS) is 12.9. The van der Waals surface area contributed by atoms with Gasteiger partial charge in [0.1, 0.15) is 0 Å². The molecular formula is C9H7ClF2O3. The maximum absolute atomic E-state index is 12.5. The molecule has 3 nitrogen and oxygen atoms in total. The van der Waals surface area contributed by atoms with Crippen LogP contribution in [0.25, 0.3) is 0 Å². The number of rotatable bonds is 3. The summed E-state index contributed by atoms with van der Waals surface area (Å²) in [6, 6.07) is 3.61. The summed E-state index contributed by atoms with van der Waals surface area (Å²) in [5.41, 5.74) is -1.03. The molecule has 0 heterocycles. The first kappa shape index (κ1) is 11.9. The fourth-order valence-corrected chi connectivity index (χ4v) is 1.42. The average molecular weight is 237 g/mol. The molecular weight excluding hydrogens is 230 g/mol. The van der Waals surface area contributed by atoms with Crippen LogP contribution in [-0.2, 0) is 4.79 Å². The van der Waals surface area contributed by atoms with E-state index >= 15 is 0 Å². The molecule has 0 aliphatic heterocycles. The molecule has 6 heteroatoms. The second-order valence-electron chi connectivity index (χ2n) is 2.78. The number of carboxylic acids is 1. The van der Waals surface area contributed by atoms with Crippen LogP contribution in [0.15, 0.2) is 18.2 Å². The van der Waals surface area contributed by atoms with Crippen molar-refractivity contribution in [3.05, 3.63) is 34.3 Å². The Balaban J connectivity index is 3.28. The van der Waals surface area contributed by atoms with Crippen LogP contribution in [-0.4, -0.2) is 16.2 Å². The van der Waals surface area contributed by atoms with Crippen molar-refractivity contribution in [1.82, 2.24) is 0 Å². The summed E-state index contributed by atoms with van der Waals surface area (Å²) < 4.78 is 25.0. The van der Waals surface area contributed by atoms with Crippen molar-refractivity contribution in [2.24, 2.45) is 0 Å². The molecule has 15 heavy (non-hydrogen) atoms. The van der Waals surface area contributed by atoms with Crippen molar-refractivity contribution < 1.29 is 23.8 Å². The lowest BCUT2D eigenvalue weighted by Gasteiger charge is -2.12. The highest BCUT2D eigenvalue weighted by molar-refractivity contribution is 6.31. The van der Waals surface area contributed by atoms with Gasteiger partial charge in [-0.15, -0.1) is 0 Å². The first-order valence-corrected chi connectivity index (χ1v) is 4.30. The number of hydrogen-bond donors (Lipinski definition) is 2. The Morgan fingerprint density at radius 2 is 2.00 bits per heavy atom. The third kappa shape index (κ3) is 2.43. The molecule has 0 spiro atoms. The van der Waals surface area contributed by atoms with E-state index in [0.29, 0.717) is 0 Å². The zero-order chi connectivity index (χ0) is 11.6. The molecule has 0 fully saturated rings. The Morgan fingerprint density at radius 3 is 2.47 bits per heavy atom. The van der Waals surface area contributed by atoms with Crippen LogP contribution in [0.1, 0.15) is 23.7 Å². The SMILES string of the molecule is O=C(O)C(O)c1cccc(Cl)c1C(F)F. The van der Waals surface area contributed by atoms with Crippen LogP contribution in [0, 0.1) is 0 Å². The summed E-state index contributed by atoms with van der Waals surface area (Å²) in [5.74, 6) is -1.60. The molecule has 0 aliphatic carbocycles. The van der Waals surface area contributed by atoms with Crippen molar-refractivity contribution in [2.75, 3.05) is 0 Å². The van der Waals surface area contributed by atoms with Crippen LogP contribution in [0.2, 0.25) is 5.02 Å². The van der Waals surface area contributed by atoms with E-state index in [0.717, 1.165) is 6.07 Å².